The molecule has 0 bridgehead atoms. The Morgan fingerprint density at radius 3 is 2.75 bits per heavy atom. The van der Waals surface area contributed by atoms with Gasteiger partial charge < -0.3 is 5.32 Å². The molecule has 1 N–H and O–H groups in total. The van der Waals surface area contributed by atoms with E-state index in [2.05, 4.69) is 57.3 Å². The monoisotopic (exact) mass is 273 g/mol. The van der Waals surface area contributed by atoms with Crippen molar-refractivity contribution >= 4 is 5.91 Å². The highest BCUT2D eigenvalue weighted by Gasteiger charge is 2.32. The van der Waals surface area contributed by atoms with Gasteiger partial charge in [-0.15, -0.1) is 0 Å². The highest BCUT2D eigenvalue weighted by Crippen LogP contribution is 2.41. The second-order valence-electron chi connectivity index (χ2n) is 7.06. The summed E-state index contributed by atoms with van der Waals surface area (Å²) < 4.78 is 0. The van der Waals surface area contributed by atoms with Crippen LogP contribution < -0.4 is 5.32 Å². The number of carbonyl (C=O) groups excluding carboxylic acids is 1. The third kappa shape index (κ3) is 3.41. The van der Waals surface area contributed by atoms with E-state index in [9.17, 15) is 4.79 Å². The van der Waals surface area contributed by atoms with Crippen LogP contribution in [-0.2, 0) is 10.2 Å². The van der Waals surface area contributed by atoms with Gasteiger partial charge in [0.2, 0.25) is 5.91 Å². The van der Waals surface area contributed by atoms with Crippen molar-refractivity contribution in [1.82, 2.24) is 5.32 Å². The molecule has 110 valence electrons. The smallest absolute Gasteiger partial charge is 0.220 e. The van der Waals surface area contributed by atoms with Gasteiger partial charge in [-0.2, -0.15) is 0 Å². The molecule has 0 saturated carbocycles. The molecule has 0 aliphatic heterocycles. The van der Waals surface area contributed by atoms with E-state index in [1.165, 1.54) is 11.1 Å². The summed E-state index contributed by atoms with van der Waals surface area (Å²) in [4.78, 5) is 12.1. The van der Waals surface area contributed by atoms with Crippen molar-refractivity contribution in [3.05, 3.63) is 35.4 Å². The predicted octanol–water partition coefficient (Wildman–Crippen LogP) is 4.35. The van der Waals surface area contributed by atoms with Gasteiger partial charge in [0.05, 0.1) is 6.04 Å². The summed E-state index contributed by atoms with van der Waals surface area (Å²) in [5.74, 6) is 0.775. The Balaban J connectivity index is 2.09. The number of carbonyl (C=O) groups is 1. The van der Waals surface area contributed by atoms with E-state index in [0.717, 1.165) is 19.3 Å². The molecular weight excluding hydrogens is 246 g/mol. The summed E-state index contributed by atoms with van der Waals surface area (Å²) in [5, 5.41) is 3.23. The highest BCUT2D eigenvalue weighted by atomic mass is 16.1. The van der Waals surface area contributed by atoms with Crippen molar-refractivity contribution < 1.29 is 4.79 Å². The molecule has 2 heteroatoms. The Morgan fingerprint density at radius 1 is 1.35 bits per heavy atom. The number of nitrogens with one attached hydrogen (secondary N) is 1. The van der Waals surface area contributed by atoms with Crippen LogP contribution in [0.1, 0.15) is 70.5 Å². The highest BCUT2D eigenvalue weighted by molar-refractivity contribution is 5.76. The van der Waals surface area contributed by atoms with E-state index < -0.39 is 0 Å². The SMILES string of the molecule is CC(C)CCC(=O)NC1CCC(C)(C)c2ccccc21. The zero-order chi connectivity index (χ0) is 14.8. The largest absolute Gasteiger partial charge is 0.349 e. The van der Waals surface area contributed by atoms with E-state index in [1.807, 2.05) is 0 Å². The molecule has 0 fully saturated rings. The van der Waals surface area contributed by atoms with Crippen LogP contribution in [-0.4, -0.2) is 5.91 Å². The third-order valence-corrected chi connectivity index (χ3v) is 4.41. The van der Waals surface area contributed by atoms with Crippen molar-refractivity contribution in [1.29, 1.82) is 0 Å². The van der Waals surface area contributed by atoms with E-state index in [4.69, 9.17) is 0 Å². The van der Waals surface area contributed by atoms with Crippen molar-refractivity contribution in [3.63, 3.8) is 0 Å². The third-order valence-electron chi connectivity index (χ3n) is 4.41. The van der Waals surface area contributed by atoms with Gasteiger partial charge in [-0.25, -0.2) is 0 Å². The molecule has 0 radical (unpaired) electrons. The van der Waals surface area contributed by atoms with Gasteiger partial charge in [-0.05, 0) is 41.7 Å². The normalized spacial score (nSPS) is 20.6. The van der Waals surface area contributed by atoms with Crippen molar-refractivity contribution in [2.24, 2.45) is 5.92 Å². The quantitative estimate of drug-likeness (QED) is 0.868. The first-order valence-electron chi connectivity index (χ1n) is 7.79. The van der Waals surface area contributed by atoms with Crippen LogP contribution in [0.15, 0.2) is 24.3 Å². The Labute approximate surface area is 123 Å². The van der Waals surface area contributed by atoms with Crippen LogP contribution in [0.3, 0.4) is 0 Å². The molecule has 20 heavy (non-hydrogen) atoms. The Hall–Kier alpha value is -1.31. The van der Waals surface area contributed by atoms with Crippen molar-refractivity contribution in [2.75, 3.05) is 0 Å². The molecule has 2 rings (SSSR count). The van der Waals surface area contributed by atoms with E-state index in [0.29, 0.717) is 12.3 Å². The molecule has 1 amide bonds. The molecule has 0 heterocycles. The average molecular weight is 273 g/mol. The maximum Gasteiger partial charge on any atom is 0.220 e. The first-order chi connectivity index (χ1) is 9.40. The fourth-order valence-electron chi connectivity index (χ4n) is 3.05. The van der Waals surface area contributed by atoms with Gasteiger partial charge in [-0.1, -0.05) is 52.0 Å². The first-order valence-corrected chi connectivity index (χ1v) is 7.79. The second-order valence-corrected chi connectivity index (χ2v) is 7.06. The summed E-state index contributed by atoms with van der Waals surface area (Å²) in [7, 11) is 0. The number of hydrogen-bond donors (Lipinski definition) is 1. The van der Waals surface area contributed by atoms with Gasteiger partial charge in [-0.3, -0.25) is 4.79 Å². The summed E-state index contributed by atoms with van der Waals surface area (Å²) in [5.41, 5.74) is 2.91. The maximum atomic E-state index is 12.1. The lowest BCUT2D eigenvalue weighted by molar-refractivity contribution is -0.122. The van der Waals surface area contributed by atoms with Gasteiger partial charge in [0.15, 0.2) is 0 Å². The molecule has 1 aliphatic carbocycles. The van der Waals surface area contributed by atoms with Crippen LogP contribution in [0.25, 0.3) is 0 Å². The Morgan fingerprint density at radius 2 is 2.05 bits per heavy atom. The number of rotatable bonds is 4. The van der Waals surface area contributed by atoms with Crippen LogP contribution in [0.4, 0.5) is 0 Å². The van der Waals surface area contributed by atoms with Crippen molar-refractivity contribution in [2.45, 2.75) is 64.8 Å². The topological polar surface area (TPSA) is 29.1 Å². The lowest BCUT2D eigenvalue weighted by Crippen LogP contribution is -2.35. The molecule has 1 aromatic rings. The lowest BCUT2D eigenvalue weighted by atomic mass is 9.71. The summed E-state index contributed by atoms with van der Waals surface area (Å²) >= 11 is 0. The van der Waals surface area contributed by atoms with E-state index >= 15 is 0 Å². The van der Waals surface area contributed by atoms with Crippen molar-refractivity contribution in [3.8, 4) is 0 Å². The first kappa shape index (κ1) is 15.1. The molecular formula is C18H27NO. The molecule has 1 unspecified atom stereocenters. The number of fused-ring (bicyclic) bond motifs is 1. The Kier molecular flexibility index (Phi) is 4.52. The second kappa shape index (κ2) is 5.99. The zero-order valence-corrected chi connectivity index (χ0v) is 13.2. The van der Waals surface area contributed by atoms with Crippen LogP contribution in [0.2, 0.25) is 0 Å². The van der Waals surface area contributed by atoms with Crippen LogP contribution >= 0.6 is 0 Å². The fourth-order valence-corrected chi connectivity index (χ4v) is 3.05. The molecule has 1 aliphatic rings. The van der Waals surface area contributed by atoms with Gasteiger partial charge in [0.1, 0.15) is 0 Å². The molecule has 0 saturated heterocycles. The minimum atomic E-state index is 0.193. The van der Waals surface area contributed by atoms with Crippen LogP contribution in [0, 0.1) is 5.92 Å². The number of hydrogen-bond acceptors (Lipinski definition) is 1. The predicted molar refractivity (Wildman–Crippen MR) is 83.7 cm³/mol. The maximum absolute atomic E-state index is 12.1. The minimum absolute atomic E-state index is 0.193. The lowest BCUT2D eigenvalue weighted by Gasteiger charge is -2.37. The molecule has 1 atom stereocenters. The van der Waals surface area contributed by atoms with Gasteiger partial charge >= 0.3 is 0 Å². The Bertz CT molecular complexity index is 476. The van der Waals surface area contributed by atoms with E-state index in [-0.39, 0.29) is 17.4 Å². The molecule has 1 aromatic carbocycles. The molecule has 0 aromatic heterocycles. The van der Waals surface area contributed by atoms with E-state index in [1.54, 1.807) is 0 Å². The summed E-state index contributed by atoms with van der Waals surface area (Å²) in [6.45, 7) is 8.91. The minimum Gasteiger partial charge on any atom is -0.349 e. The standard InChI is InChI=1S/C18H27NO/c1-13(2)9-10-17(20)19-16-11-12-18(3,4)15-8-6-5-7-14(15)16/h5-8,13,16H,9-12H2,1-4H3,(H,19,20). The zero-order valence-electron chi connectivity index (χ0n) is 13.2. The summed E-state index contributed by atoms with van der Waals surface area (Å²) in [6.07, 6.45) is 3.77. The molecule has 2 nitrogen and oxygen atoms in total. The van der Waals surface area contributed by atoms with Gasteiger partial charge in [0.25, 0.3) is 0 Å². The fraction of sp³-hybridized carbons (Fsp3) is 0.611. The number of amides is 1. The average Bonchev–Trinajstić information content (AvgIpc) is 2.40. The summed E-state index contributed by atoms with van der Waals surface area (Å²) in [6, 6.07) is 8.75. The molecule has 0 spiro atoms. The van der Waals surface area contributed by atoms with Gasteiger partial charge in [0, 0.05) is 6.42 Å². The number of benzene rings is 1. The van der Waals surface area contributed by atoms with Crippen LogP contribution in [0.5, 0.6) is 0 Å².